The predicted octanol–water partition coefficient (Wildman–Crippen LogP) is 3.21. The number of nitrogens with one attached hydrogen (secondary N) is 1. The van der Waals surface area contributed by atoms with E-state index in [1.54, 1.807) is 18.2 Å². The molecule has 5 aromatic rings. The molecule has 0 atom stereocenters. The monoisotopic (exact) mass is 421 g/mol. The van der Waals surface area contributed by atoms with Crippen LogP contribution in [0, 0.1) is 5.82 Å². The Labute approximate surface area is 173 Å². The smallest absolute Gasteiger partial charge is 0.272 e. The van der Waals surface area contributed by atoms with Crippen molar-refractivity contribution in [1.29, 1.82) is 0 Å². The Morgan fingerprint density at radius 1 is 1.13 bits per heavy atom. The van der Waals surface area contributed by atoms with E-state index in [0.717, 1.165) is 16.9 Å². The van der Waals surface area contributed by atoms with Gasteiger partial charge in [-0.1, -0.05) is 6.92 Å². The van der Waals surface area contributed by atoms with E-state index in [2.05, 4.69) is 15.1 Å². The maximum Gasteiger partial charge on any atom is 0.272 e. The lowest BCUT2D eigenvalue weighted by atomic mass is 10.1. The Morgan fingerprint density at radius 3 is 2.70 bits per heavy atom. The molecule has 0 bridgehead atoms. The number of rotatable bonds is 4. The topological polar surface area (TPSA) is 85.0 Å². The summed E-state index contributed by atoms with van der Waals surface area (Å²) in [5.74, 6) is -0.333. The number of hydrogen-bond acceptors (Lipinski definition) is 5. The fraction of sp³-hybridized carbons (Fsp3) is 0.143. The van der Waals surface area contributed by atoms with Crippen LogP contribution in [0.25, 0.3) is 27.1 Å². The highest BCUT2D eigenvalue weighted by molar-refractivity contribution is 7.18. The number of fused-ring (bicyclic) bond motifs is 2. The molecule has 0 aliphatic rings. The van der Waals surface area contributed by atoms with E-state index in [1.807, 2.05) is 13.0 Å². The second kappa shape index (κ2) is 7.03. The summed E-state index contributed by atoms with van der Waals surface area (Å²) in [6, 6.07) is 10.9. The lowest BCUT2D eigenvalue weighted by molar-refractivity contribution is 0.628. The number of aromatic amines is 1. The van der Waals surface area contributed by atoms with Crippen LogP contribution < -0.4 is 11.1 Å². The number of hydrogen-bond donors (Lipinski definition) is 1. The number of H-pyrrole nitrogens is 1. The number of halogens is 1. The molecule has 0 unspecified atom stereocenters. The van der Waals surface area contributed by atoms with Gasteiger partial charge in [-0.25, -0.2) is 18.9 Å². The van der Waals surface area contributed by atoms with Gasteiger partial charge in [-0.3, -0.25) is 19.3 Å². The quantitative estimate of drug-likeness (QED) is 0.483. The van der Waals surface area contributed by atoms with Gasteiger partial charge in [-0.2, -0.15) is 0 Å². The first-order valence-electron chi connectivity index (χ1n) is 9.37. The minimum absolute atomic E-state index is 0.141. The largest absolute Gasteiger partial charge is 0.293 e. The summed E-state index contributed by atoms with van der Waals surface area (Å²) in [6.45, 7) is 2.18. The summed E-state index contributed by atoms with van der Waals surface area (Å²) >= 11 is 1.51. The minimum Gasteiger partial charge on any atom is -0.293 e. The third kappa shape index (κ3) is 3.13. The molecule has 0 spiro atoms. The van der Waals surface area contributed by atoms with Crippen LogP contribution in [-0.2, 0) is 13.0 Å². The summed E-state index contributed by atoms with van der Waals surface area (Å²) in [6.07, 6.45) is 2.34. The van der Waals surface area contributed by atoms with Crippen molar-refractivity contribution in [1.82, 2.24) is 24.1 Å². The zero-order valence-corrected chi connectivity index (χ0v) is 16.7. The molecule has 1 N–H and O–H groups in total. The van der Waals surface area contributed by atoms with Crippen LogP contribution in [-0.4, -0.2) is 24.1 Å². The molecule has 0 radical (unpaired) electrons. The van der Waals surface area contributed by atoms with Crippen LogP contribution in [0.4, 0.5) is 4.39 Å². The maximum atomic E-state index is 13.2. The van der Waals surface area contributed by atoms with Gasteiger partial charge in [0.1, 0.15) is 10.6 Å². The van der Waals surface area contributed by atoms with Crippen molar-refractivity contribution in [3.8, 4) is 11.3 Å². The fourth-order valence-electron chi connectivity index (χ4n) is 3.37. The first kappa shape index (κ1) is 18.4. The Balaban J connectivity index is 1.54. The molecule has 9 heteroatoms. The molecule has 1 aromatic carbocycles. The van der Waals surface area contributed by atoms with E-state index in [4.69, 9.17) is 0 Å². The molecule has 5 rings (SSSR count). The van der Waals surface area contributed by atoms with Crippen molar-refractivity contribution in [2.75, 3.05) is 0 Å². The molecular formula is C21H16FN5O2S. The second-order valence-electron chi connectivity index (χ2n) is 6.92. The Morgan fingerprint density at radius 2 is 1.93 bits per heavy atom. The minimum atomic E-state index is -0.333. The zero-order valence-electron chi connectivity index (χ0n) is 15.9. The van der Waals surface area contributed by atoms with Gasteiger partial charge >= 0.3 is 0 Å². The molecule has 0 saturated carbocycles. The van der Waals surface area contributed by atoms with Crippen molar-refractivity contribution in [3.05, 3.63) is 85.9 Å². The van der Waals surface area contributed by atoms with Crippen molar-refractivity contribution in [2.45, 2.75) is 19.9 Å². The van der Waals surface area contributed by atoms with E-state index in [9.17, 15) is 14.0 Å². The number of nitrogens with zero attached hydrogens (tertiary/aromatic N) is 4. The molecule has 0 saturated heterocycles. The summed E-state index contributed by atoms with van der Waals surface area (Å²) in [4.78, 5) is 36.1. The third-order valence-electron chi connectivity index (χ3n) is 4.91. The Kier molecular flexibility index (Phi) is 4.32. The normalized spacial score (nSPS) is 11.5. The SMILES string of the molecule is CCc1cc2c(=O)n(Cc3cc(=O)n4[nH]c(-c5ccc(F)cc5)cc4n3)cnc2s1. The molecular weight excluding hydrogens is 405 g/mol. The molecule has 0 aliphatic carbocycles. The van der Waals surface area contributed by atoms with Crippen LogP contribution in [0.15, 0.2) is 58.4 Å². The van der Waals surface area contributed by atoms with Crippen LogP contribution in [0.2, 0.25) is 0 Å². The van der Waals surface area contributed by atoms with Crippen LogP contribution in [0.1, 0.15) is 17.5 Å². The van der Waals surface area contributed by atoms with Crippen molar-refractivity contribution >= 4 is 27.2 Å². The van der Waals surface area contributed by atoms with Crippen LogP contribution in [0.3, 0.4) is 0 Å². The second-order valence-corrected chi connectivity index (χ2v) is 8.03. The molecule has 4 aromatic heterocycles. The van der Waals surface area contributed by atoms with E-state index < -0.39 is 0 Å². The van der Waals surface area contributed by atoms with Gasteiger partial charge in [0.05, 0.1) is 29.6 Å². The van der Waals surface area contributed by atoms with Crippen LogP contribution in [0.5, 0.6) is 0 Å². The van der Waals surface area contributed by atoms with E-state index in [-0.39, 0.29) is 23.5 Å². The summed E-state index contributed by atoms with van der Waals surface area (Å²) < 4.78 is 15.9. The number of benzene rings is 1. The zero-order chi connectivity index (χ0) is 20.8. The lowest BCUT2D eigenvalue weighted by Crippen LogP contribution is -2.23. The molecule has 0 amide bonds. The fourth-order valence-corrected chi connectivity index (χ4v) is 4.30. The summed E-state index contributed by atoms with van der Waals surface area (Å²) in [7, 11) is 0. The highest BCUT2D eigenvalue weighted by Crippen LogP contribution is 2.21. The molecule has 0 fully saturated rings. The number of aryl methyl sites for hydroxylation is 1. The highest BCUT2D eigenvalue weighted by Gasteiger charge is 2.12. The number of aromatic nitrogens is 5. The van der Waals surface area contributed by atoms with Crippen molar-refractivity contribution < 1.29 is 4.39 Å². The van der Waals surface area contributed by atoms with Gasteiger partial charge < -0.3 is 0 Å². The first-order valence-corrected chi connectivity index (χ1v) is 10.2. The van der Waals surface area contributed by atoms with Gasteiger partial charge in [0, 0.05) is 17.0 Å². The Bertz CT molecular complexity index is 1510. The van der Waals surface area contributed by atoms with Gasteiger partial charge in [0.2, 0.25) is 0 Å². The van der Waals surface area contributed by atoms with Gasteiger partial charge in [-0.15, -0.1) is 11.3 Å². The van der Waals surface area contributed by atoms with E-state index in [1.165, 1.54) is 44.9 Å². The average molecular weight is 421 g/mol. The standard InChI is InChI=1S/C21H16FN5O2S/c1-2-15-8-16-20(30-15)23-11-26(21(16)29)10-14-7-19(28)27-18(24-14)9-17(25-27)12-3-5-13(22)6-4-12/h3-9,11,25H,2,10H2,1H3. The molecule has 4 heterocycles. The lowest BCUT2D eigenvalue weighted by Gasteiger charge is -2.04. The van der Waals surface area contributed by atoms with Gasteiger partial charge in [0.25, 0.3) is 11.1 Å². The van der Waals surface area contributed by atoms with Crippen LogP contribution >= 0.6 is 11.3 Å². The highest BCUT2D eigenvalue weighted by atomic mass is 32.1. The van der Waals surface area contributed by atoms with Gasteiger partial charge in [0.15, 0.2) is 5.65 Å². The Hall–Kier alpha value is -3.59. The van der Waals surface area contributed by atoms with Gasteiger partial charge in [-0.05, 0) is 42.3 Å². The maximum absolute atomic E-state index is 13.2. The molecule has 0 aliphatic heterocycles. The first-order chi connectivity index (χ1) is 14.5. The third-order valence-corrected chi connectivity index (χ3v) is 6.10. The van der Waals surface area contributed by atoms with E-state index >= 15 is 0 Å². The molecule has 30 heavy (non-hydrogen) atoms. The predicted molar refractivity (Wildman–Crippen MR) is 114 cm³/mol. The van der Waals surface area contributed by atoms with Crippen molar-refractivity contribution in [3.63, 3.8) is 0 Å². The van der Waals surface area contributed by atoms with Crippen molar-refractivity contribution in [2.24, 2.45) is 0 Å². The molecule has 7 nitrogen and oxygen atoms in total. The molecule has 150 valence electrons. The number of thiophene rings is 1. The van der Waals surface area contributed by atoms with E-state index in [0.29, 0.717) is 27.3 Å². The summed E-state index contributed by atoms with van der Waals surface area (Å²) in [5.41, 5.74) is 1.80. The summed E-state index contributed by atoms with van der Waals surface area (Å²) in [5, 5.41) is 3.56. The average Bonchev–Trinajstić information content (AvgIpc) is 3.35.